The van der Waals surface area contributed by atoms with Gasteiger partial charge in [0.25, 0.3) is 0 Å². The predicted molar refractivity (Wildman–Crippen MR) is 75.4 cm³/mol. The molecule has 0 aromatic carbocycles. The summed E-state index contributed by atoms with van der Waals surface area (Å²) in [7, 11) is 0. The molecule has 0 bridgehead atoms. The van der Waals surface area contributed by atoms with Crippen LogP contribution in [0.15, 0.2) is 49.1 Å². The van der Waals surface area contributed by atoms with Gasteiger partial charge in [0.15, 0.2) is 0 Å². The zero-order chi connectivity index (χ0) is 14.5. The quantitative estimate of drug-likeness (QED) is 0.777. The second-order valence-electron chi connectivity index (χ2n) is 4.17. The number of nitrogens with one attached hydrogen (secondary N) is 1. The van der Waals surface area contributed by atoms with E-state index < -0.39 is 0 Å². The number of nitrogens with zero attached hydrogens (tertiary/aromatic N) is 6. The van der Waals surface area contributed by atoms with Crippen molar-refractivity contribution >= 4 is 5.82 Å². The summed E-state index contributed by atoms with van der Waals surface area (Å²) in [6, 6.07) is 9.29. The number of pyridine rings is 1. The SMILES string of the molecule is N#Cc1ncccc1CNc1ccn(-c2ncccn2)n1. The molecule has 7 heteroatoms. The molecule has 0 aliphatic carbocycles. The molecule has 0 atom stereocenters. The van der Waals surface area contributed by atoms with Gasteiger partial charge >= 0.3 is 0 Å². The van der Waals surface area contributed by atoms with Crippen LogP contribution in [0.4, 0.5) is 5.82 Å². The molecule has 0 aliphatic heterocycles. The first-order chi connectivity index (χ1) is 10.4. The lowest BCUT2D eigenvalue weighted by molar-refractivity contribution is 0.807. The molecule has 0 saturated carbocycles. The molecule has 102 valence electrons. The van der Waals surface area contributed by atoms with Crippen molar-refractivity contribution in [3.8, 4) is 12.0 Å². The van der Waals surface area contributed by atoms with E-state index in [4.69, 9.17) is 5.26 Å². The molecule has 3 heterocycles. The largest absolute Gasteiger partial charge is 0.364 e. The Morgan fingerprint density at radius 3 is 2.71 bits per heavy atom. The van der Waals surface area contributed by atoms with Gasteiger partial charge in [-0.1, -0.05) is 6.07 Å². The average molecular weight is 277 g/mol. The normalized spacial score (nSPS) is 10.0. The number of hydrogen-bond acceptors (Lipinski definition) is 6. The van der Waals surface area contributed by atoms with Gasteiger partial charge in [-0.25, -0.2) is 19.6 Å². The summed E-state index contributed by atoms with van der Waals surface area (Å²) in [5.41, 5.74) is 1.24. The van der Waals surface area contributed by atoms with Crippen molar-refractivity contribution in [3.63, 3.8) is 0 Å². The Morgan fingerprint density at radius 2 is 1.90 bits per heavy atom. The van der Waals surface area contributed by atoms with Crippen LogP contribution in [-0.4, -0.2) is 24.7 Å². The molecule has 0 saturated heterocycles. The van der Waals surface area contributed by atoms with E-state index in [-0.39, 0.29) is 0 Å². The minimum Gasteiger partial charge on any atom is -0.364 e. The lowest BCUT2D eigenvalue weighted by Gasteiger charge is -2.04. The van der Waals surface area contributed by atoms with Gasteiger partial charge in [-0.05, 0) is 12.1 Å². The van der Waals surface area contributed by atoms with Gasteiger partial charge in [-0.3, -0.25) is 0 Å². The molecule has 0 fully saturated rings. The van der Waals surface area contributed by atoms with E-state index >= 15 is 0 Å². The number of anilines is 1. The van der Waals surface area contributed by atoms with E-state index in [0.717, 1.165) is 5.56 Å². The number of aromatic nitrogens is 5. The van der Waals surface area contributed by atoms with Crippen LogP contribution in [0.5, 0.6) is 0 Å². The Balaban J connectivity index is 1.72. The highest BCUT2D eigenvalue weighted by atomic mass is 15.4. The third-order valence-electron chi connectivity index (χ3n) is 2.80. The van der Waals surface area contributed by atoms with Crippen molar-refractivity contribution in [2.24, 2.45) is 0 Å². The summed E-state index contributed by atoms with van der Waals surface area (Å²) in [5.74, 6) is 1.18. The number of hydrogen-bond donors (Lipinski definition) is 1. The maximum Gasteiger partial charge on any atom is 0.250 e. The first kappa shape index (κ1) is 12.7. The van der Waals surface area contributed by atoms with Crippen molar-refractivity contribution in [3.05, 3.63) is 60.3 Å². The summed E-state index contributed by atoms with van der Waals surface area (Å²) in [6.45, 7) is 0.476. The van der Waals surface area contributed by atoms with Crippen LogP contribution in [0, 0.1) is 11.3 Å². The van der Waals surface area contributed by atoms with E-state index in [9.17, 15) is 0 Å². The van der Waals surface area contributed by atoms with Gasteiger partial charge in [0.2, 0.25) is 5.95 Å². The summed E-state index contributed by atoms with van der Waals surface area (Å²) in [6.07, 6.45) is 6.69. The monoisotopic (exact) mass is 277 g/mol. The molecular formula is C14H11N7. The second kappa shape index (κ2) is 5.79. The lowest BCUT2D eigenvalue weighted by atomic mass is 10.2. The minimum absolute atomic E-state index is 0.413. The second-order valence-corrected chi connectivity index (χ2v) is 4.17. The smallest absolute Gasteiger partial charge is 0.250 e. The average Bonchev–Trinajstić information content (AvgIpc) is 3.03. The predicted octanol–water partition coefficient (Wildman–Crippen LogP) is 1.54. The van der Waals surface area contributed by atoms with E-state index in [2.05, 4.69) is 31.4 Å². The maximum atomic E-state index is 8.99. The van der Waals surface area contributed by atoms with Crippen molar-refractivity contribution < 1.29 is 0 Å². The first-order valence-electron chi connectivity index (χ1n) is 6.28. The molecule has 0 unspecified atom stereocenters. The van der Waals surface area contributed by atoms with Crippen molar-refractivity contribution in [2.45, 2.75) is 6.54 Å². The highest BCUT2D eigenvalue weighted by molar-refractivity contribution is 5.38. The highest BCUT2D eigenvalue weighted by Crippen LogP contribution is 2.10. The Bertz CT molecular complexity index is 773. The molecule has 3 aromatic heterocycles. The molecule has 7 nitrogen and oxygen atoms in total. The van der Waals surface area contributed by atoms with Crippen molar-refractivity contribution in [1.29, 1.82) is 5.26 Å². The Kier molecular flexibility index (Phi) is 3.52. The van der Waals surface area contributed by atoms with Gasteiger partial charge in [0, 0.05) is 43.0 Å². The maximum absolute atomic E-state index is 8.99. The van der Waals surface area contributed by atoms with Crippen LogP contribution >= 0.6 is 0 Å². The van der Waals surface area contributed by atoms with Crippen LogP contribution in [0.1, 0.15) is 11.3 Å². The van der Waals surface area contributed by atoms with Crippen molar-refractivity contribution in [1.82, 2.24) is 24.7 Å². The van der Waals surface area contributed by atoms with E-state index in [0.29, 0.717) is 24.0 Å². The summed E-state index contributed by atoms with van der Waals surface area (Å²) >= 11 is 0. The van der Waals surface area contributed by atoms with E-state index in [1.807, 2.05) is 12.1 Å². The van der Waals surface area contributed by atoms with Crippen LogP contribution in [0.3, 0.4) is 0 Å². The van der Waals surface area contributed by atoms with Gasteiger partial charge in [-0.15, -0.1) is 5.10 Å². The number of nitriles is 1. The fourth-order valence-electron chi connectivity index (χ4n) is 1.81. The third-order valence-corrected chi connectivity index (χ3v) is 2.80. The van der Waals surface area contributed by atoms with E-state index in [1.54, 1.807) is 41.6 Å². The fraction of sp³-hybridized carbons (Fsp3) is 0.0714. The summed E-state index contributed by atoms with van der Waals surface area (Å²) in [4.78, 5) is 12.2. The number of rotatable bonds is 4. The molecule has 3 rings (SSSR count). The van der Waals surface area contributed by atoms with Gasteiger partial charge in [-0.2, -0.15) is 5.26 Å². The van der Waals surface area contributed by atoms with Crippen LogP contribution in [0.2, 0.25) is 0 Å². The molecule has 21 heavy (non-hydrogen) atoms. The van der Waals surface area contributed by atoms with Crippen molar-refractivity contribution in [2.75, 3.05) is 5.32 Å². The molecular weight excluding hydrogens is 266 g/mol. The Labute approximate surface area is 120 Å². The molecule has 3 aromatic rings. The van der Waals surface area contributed by atoms with Crippen LogP contribution in [-0.2, 0) is 6.54 Å². The molecule has 0 radical (unpaired) electrons. The standard InChI is InChI=1S/C14H11N7/c15-9-12-11(3-1-5-16-12)10-19-13-4-8-21(20-13)14-17-6-2-7-18-14/h1-8H,10H2,(H,19,20). The summed E-state index contributed by atoms with van der Waals surface area (Å²) in [5, 5.41) is 16.5. The van der Waals surface area contributed by atoms with Gasteiger partial charge in [0.05, 0.1) is 0 Å². The first-order valence-corrected chi connectivity index (χ1v) is 6.28. The minimum atomic E-state index is 0.413. The zero-order valence-electron chi connectivity index (χ0n) is 11.0. The van der Waals surface area contributed by atoms with E-state index in [1.165, 1.54) is 0 Å². The Hall–Kier alpha value is -3.27. The molecule has 0 amide bonds. The van der Waals surface area contributed by atoms with Crippen LogP contribution < -0.4 is 5.32 Å². The molecule has 0 aliphatic rings. The molecule has 1 N–H and O–H groups in total. The lowest BCUT2D eigenvalue weighted by Crippen LogP contribution is -2.05. The zero-order valence-corrected chi connectivity index (χ0v) is 11.0. The van der Waals surface area contributed by atoms with Gasteiger partial charge in [0.1, 0.15) is 17.6 Å². The van der Waals surface area contributed by atoms with Crippen LogP contribution in [0.25, 0.3) is 5.95 Å². The highest BCUT2D eigenvalue weighted by Gasteiger charge is 2.05. The van der Waals surface area contributed by atoms with Gasteiger partial charge < -0.3 is 5.32 Å². The fourth-order valence-corrected chi connectivity index (χ4v) is 1.81. The summed E-state index contributed by atoms with van der Waals surface area (Å²) < 4.78 is 1.58. The molecule has 0 spiro atoms. The topological polar surface area (TPSA) is 92.3 Å². The third kappa shape index (κ3) is 2.84. The Morgan fingerprint density at radius 1 is 1.10 bits per heavy atom.